The second-order valence-electron chi connectivity index (χ2n) is 6.14. The molecule has 3 rings (SSSR count). The van der Waals surface area contributed by atoms with Gasteiger partial charge in [0.15, 0.2) is 0 Å². The summed E-state index contributed by atoms with van der Waals surface area (Å²) < 4.78 is 10.8. The Kier molecular flexibility index (Phi) is 5.18. The van der Waals surface area contributed by atoms with Crippen molar-refractivity contribution >= 4 is 0 Å². The molecule has 0 spiro atoms. The van der Waals surface area contributed by atoms with Gasteiger partial charge >= 0.3 is 0 Å². The molecule has 1 N–H and O–H groups in total. The molecular weight excluding hydrogens is 278 g/mol. The third-order valence-corrected chi connectivity index (χ3v) is 4.80. The number of hydrogen-bond donors (Lipinski definition) is 1. The van der Waals surface area contributed by atoms with Crippen molar-refractivity contribution in [2.24, 2.45) is 0 Å². The highest BCUT2D eigenvalue weighted by atomic mass is 16.5. The maximum absolute atomic E-state index is 5.52. The summed E-state index contributed by atoms with van der Waals surface area (Å²) >= 11 is 0. The number of methoxy groups -OCH3 is 2. The molecule has 5 nitrogen and oxygen atoms in total. The first-order valence-electron chi connectivity index (χ1n) is 8.18. The highest BCUT2D eigenvalue weighted by Gasteiger charge is 2.28. The lowest BCUT2D eigenvalue weighted by atomic mass is 10.1. The van der Waals surface area contributed by atoms with Crippen molar-refractivity contribution in [3.05, 3.63) is 23.8 Å². The zero-order chi connectivity index (χ0) is 15.4. The Morgan fingerprint density at radius 2 is 1.95 bits per heavy atom. The van der Waals surface area contributed by atoms with Crippen LogP contribution in [0.4, 0.5) is 0 Å². The number of nitrogens with one attached hydrogen (secondary N) is 1. The second kappa shape index (κ2) is 7.31. The molecule has 1 atom stereocenters. The van der Waals surface area contributed by atoms with Gasteiger partial charge in [-0.3, -0.25) is 9.80 Å². The fourth-order valence-electron chi connectivity index (χ4n) is 3.52. The van der Waals surface area contributed by atoms with Crippen molar-refractivity contribution in [1.82, 2.24) is 15.1 Å². The minimum Gasteiger partial charge on any atom is -0.497 e. The van der Waals surface area contributed by atoms with Gasteiger partial charge < -0.3 is 14.8 Å². The van der Waals surface area contributed by atoms with E-state index in [4.69, 9.17) is 9.47 Å². The number of nitrogens with zero attached hydrogens (tertiary/aromatic N) is 2. The molecule has 0 saturated carbocycles. The van der Waals surface area contributed by atoms with Crippen molar-refractivity contribution in [3.8, 4) is 11.5 Å². The zero-order valence-corrected chi connectivity index (χ0v) is 13.7. The molecule has 2 aliphatic rings. The summed E-state index contributed by atoms with van der Waals surface area (Å²) in [5.41, 5.74) is 1.24. The molecule has 5 heteroatoms. The van der Waals surface area contributed by atoms with Gasteiger partial charge in [-0.2, -0.15) is 0 Å². The van der Waals surface area contributed by atoms with Crippen molar-refractivity contribution < 1.29 is 9.47 Å². The highest BCUT2D eigenvalue weighted by molar-refractivity contribution is 5.40. The summed E-state index contributed by atoms with van der Waals surface area (Å²) in [6.07, 6.45) is 1.28. The second-order valence-corrected chi connectivity index (χ2v) is 6.14. The smallest absolute Gasteiger partial charge is 0.127 e. The fraction of sp³-hybridized carbons (Fsp3) is 0.647. The molecule has 2 fully saturated rings. The molecule has 2 saturated heterocycles. The molecule has 0 aliphatic carbocycles. The lowest BCUT2D eigenvalue weighted by molar-refractivity contribution is 0.170. The van der Waals surface area contributed by atoms with E-state index in [1.54, 1.807) is 14.2 Å². The molecule has 1 aromatic carbocycles. The molecule has 0 bridgehead atoms. The van der Waals surface area contributed by atoms with Gasteiger partial charge in [-0.25, -0.2) is 0 Å². The largest absolute Gasteiger partial charge is 0.497 e. The Bertz CT molecular complexity index is 489. The molecule has 0 aromatic heterocycles. The number of ether oxygens (including phenoxy) is 2. The van der Waals surface area contributed by atoms with Crippen LogP contribution in [0, 0.1) is 0 Å². The van der Waals surface area contributed by atoms with Crippen molar-refractivity contribution in [2.75, 3.05) is 53.5 Å². The van der Waals surface area contributed by atoms with Gasteiger partial charge in [0.05, 0.1) is 14.2 Å². The summed E-state index contributed by atoms with van der Waals surface area (Å²) in [4.78, 5) is 5.18. The predicted molar refractivity (Wildman–Crippen MR) is 87.7 cm³/mol. The molecule has 122 valence electrons. The first-order chi connectivity index (χ1) is 10.8. The van der Waals surface area contributed by atoms with E-state index in [0.717, 1.165) is 37.7 Å². The Balaban J connectivity index is 1.60. The van der Waals surface area contributed by atoms with Gasteiger partial charge in [-0.15, -0.1) is 0 Å². The topological polar surface area (TPSA) is 37.0 Å². The van der Waals surface area contributed by atoms with Crippen LogP contribution in [0.15, 0.2) is 18.2 Å². The maximum Gasteiger partial charge on any atom is 0.127 e. The van der Waals surface area contributed by atoms with Crippen LogP contribution in [0.1, 0.15) is 12.0 Å². The van der Waals surface area contributed by atoms with E-state index in [-0.39, 0.29) is 0 Å². The van der Waals surface area contributed by atoms with Crippen LogP contribution in [-0.2, 0) is 6.54 Å². The number of piperazine rings is 1. The van der Waals surface area contributed by atoms with Gasteiger partial charge in [0.2, 0.25) is 0 Å². The average molecular weight is 305 g/mol. The lowest BCUT2D eigenvalue weighted by Crippen LogP contribution is -2.49. The molecule has 1 unspecified atom stereocenters. The third-order valence-electron chi connectivity index (χ3n) is 4.80. The van der Waals surface area contributed by atoms with Crippen LogP contribution in [-0.4, -0.2) is 69.3 Å². The minimum atomic E-state index is 0.714. The Morgan fingerprint density at radius 3 is 2.68 bits per heavy atom. The van der Waals surface area contributed by atoms with Crippen molar-refractivity contribution in [2.45, 2.75) is 19.0 Å². The SMILES string of the molecule is COc1ccc(CN2CCC(N3CCNCC3)C2)c(OC)c1. The van der Waals surface area contributed by atoms with Crippen molar-refractivity contribution in [1.29, 1.82) is 0 Å². The molecule has 22 heavy (non-hydrogen) atoms. The first kappa shape index (κ1) is 15.6. The van der Waals surface area contributed by atoms with Crippen LogP contribution in [0.5, 0.6) is 11.5 Å². The average Bonchev–Trinajstić information content (AvgIpc) is 3.04. The van der Waals surface area contributed by atoms with Gasteiger partial charge in [0, 0.05) is 63.5 Å². The van der Waals surface area contributed by atoms with Crippen molar-refractivity contribution in [3.63, 3.8) is 0 Å². The van der Waals surface area contributed by atoms with Gasteiger partial charge in [-0.05, 0) is 12.5 Å². The quantitative estimate of drug-likeness (QED) is 0.884. The summed E-state index contributed by atoms with van der Waals surface area (Å²) in [6, 6.07) is 6.82. The number of benzene rings is 1. The minimum absolute atomic E-state index is 0.714. The van der Waals surface area contributed by atoms with Crippen LogP contribution in [0.25, 0.3) is 0 Å². The Hall–Kier alpha value is -1.30. The third kappa shape index (κ3) is 3.54. The Labute approximate surface area is 133 Å². The molecular formula is C17H27N3O2. The van der Waals surface area contributed by atoms with E-state index >= 15 is 0 Å². The monoisotopic (exact) mass is 305 g/mol. The normalized spacial score (nSPS) is 23.6. The van der Waals surface area contributed by atoms with E-state index in [1.165, 1.54) is 31.6 Å². The van der Waals surface area contributed by atoms with E-state index in [1.807, 2.05) is 12.1 Å². The summed E-state index contributed by atoms with van der Waals surface area (Å²) in [5, 5.41) is 3.43. The molecule has 0 radical (unpaired) electrons. The molecule has 0 amide bonds. The van der Waals surface area contributed by atoms with E-state index in [2.05, 4.69) is 21.2 Å². The lowest BCUT2D eigenvalue weighted by Gasteiger charge is -2.32. The van der Waals surface area contributed by atoms with Crippen LogP contribution >= 0.6 is 0 Å². The summed E-state index contributed by atoms with van der Waals surface area (Å²) in [5.74, 6) is 1.77. The standard InChI is InChI=1S/C17H27N3O2/c1-21-16-4-3-14(17(11-16)22-2)12-19-8-5-15(13-19)20-9-6-18-7-10-20/h3-4,11,15,18H,5-10,12-13H2,1-2H3. The van der Waals surface area contributed by atoms with Gasteiger partial charge in [0.1, 0.15) is 11.5 Å². The Morgan fingerprint density at radius 1 is 1.14 bits per heavy atom. The van der Waals surface area contributed by atoms with Crippen LogP contribution in [0.2, 0.25) is 0 Å². The summed E-state index contributed by atoms with van der Waals surface area (Å²) in [6.45, 7) is 7.91. The highest BCUT2D eigenvalue weighted by Crippen LogP contribution is 2.27. The summed E-state index contributed by atoms with van der Waals surface area (Å²) in [7, 11) is 3.42. The van der Waals surface area contributed by atoms with Crippen LogP contribution < -0.4 is 14.8 Å². The molecule has 2 aliphatic heterocycles. The van der Waals surface area contributed by atoms with Gasteiger partial charge in [0.25, 0.3) is 0 Å². The molecule has 2 heterocycles. The van der Waals surface area contributed by atoms with Gasteiger partial charge in [-0.1, -0.05) is 6.07 Å². The van der Waals surface area contributed by atoms with E-state index in [0.29, 0.717) is 6.04 Å². The maximum atomic E-state index is 5.52. The zero-order valence-electron chi connectivity index (χ0n) is 13.7. The molecule has 1 aromatic rings. The number of likely N-dealkylation sites (tertiary alicyclic amines) is 1. The van der Waals surface area contributed by atoms with E-state index < -0.39 is 0 Å². The van der Waals surface area contributed by atoms with E-state index in [9.17, 15) is 0 Å². The predicted octanol–water partition coefficient (Wildman–Crippen LogP) is 1.18. The fourth-order valence-corrected chi connectivity index (χ4v) is 3.52. The number of rotatable bonds is 5. The first-order valence-corrected chi connectivity index (χ1v) is 8.18. The van der Waals surface area contributed by atoms with Crippen LogP contribution in [0.3, 0.4) is 0 Å². The number of hydrogen-bond acceptors (Lipinski definition) is 5.